The highest BCUT2D eigenvalue weighted by atomic mass is 16.6. The van der Waals surface area contributed by atoms with Crippen LogP contribution in [0.5, 0.6) is 0 Å². The minimum absolute atomic E-state index is 0.0630. The van der Waals surface area contributed by atoms with Crippen molar-refractivity contribution in [2.24, 2.45) is 0 Å². The van der Waals surface area contributed by atoms with Crippen molar-refractivity contribution in [2.45, 2.75) is 26.5 Å². The van der Waals surface area contributed by atoms with E-state index in [0.717, 1.165) is 33.9 Å². The molecule has 134 valence electrons. The third-order valence-corrected chi connectivity index (χ3v) is 4.42. The molecule has 2 aromatic heterocycles. The average molecular weight is 350 g/mol. The SMILES string of the molecule is Cc1cnc(C)c(-c2cccc(-c3ccn(C[C@@H]4COCCO4)n3)c2)n1. The summed E-state index contributed by atoms with van der Waals surface area (Å²) in [6.07, 6.45) is 3.84. The van der Waals surface area contributed by atoms with E-state index in [4.69, 9.17) is 14.6 Å². The van der Waals surface area contributed by atoms with Gasteiger partial charge < -0.3 is 9.47 Å². The van der Waals surface area contributed by atoms with E-state index in [1.807, 2.05) is 36.9 Å². The summed E-state index contributed by atoms with van der Waals surface area (Å²) < 4.78 is 13.1. The molecule has 26 heavy (non-hydrogen) atoms. The quantitative estimate of drug-likeness (QED) is 0.724. The Morgan fingerprint density at radius 2 is 2.04 bits per heavy atom. The van der Waals surface area contributed by atoms with E-state index < -0.39 is 0 Å². The largest absolute Gasteiger partial charge is 0.376 e. The second kappa shape index (κ2) is 7.35. The van der Waals surface area contributed by atoms with Crippen molar-refractivity contribution < 1.29 is 9.47 Å². The molecule has 6 heteroatoms. The van der Waals surface area contributed by atoms with Crippen molar-refractivity contribution in [3.05, 3.63) is 54.1 Å². The van der Waals surface area contributed by atoms with Crippen molar-refractivity contribution >= 4 is 0 Å². The van der Waals surface area contributed by atoms with Gasteiger partial charge >= 0.3 is 0 Å². The van der Waals surface area contributed by atoms with E-state index in [1.54, 1.807) is 6.20 Å². The maximum Gasteiger partial charge on any atom is 0.100 e. The smallest absolute Gasteiger partial charge is 0.100 e. The molecule has 1 atom stereocenters. The number of hydrogen-bond donors (Lipinski definition) is 0. The lowest BCUT2D eigenvalue weighted by molar-refractivity contribution is -0.0946. The molecule has 3 heterocycles. The van der Waals surface area contributed by atoms with Crippen LogP contribution in [-0.2, 0) is 16.0 Å². The lowest BCUT2D eigenvalue weighted by atomic mass is 10.0. The van der Waals surface area contributed by atoms with E-state index >= 15 is 0 Å². The van der Waals surface area contributed by atoms with Gasteiger partial charge in [0.05, 0.1) is 49.1 Å². The molecule has 1 fully saturated rings. The minimum atomic E-state index is 0.0630. The summed E-state index contributed by atoms with van der Waals surface area (Å²) >= 11 is 0. The first-order valence-corrected chi connectivity index (χ1v) is 8.83. The van der Waals surface area contributed by atoms with Gasteiger partial charge in [0.1, 0.15) is 6.10 Å². The highest BCUT2D eigenvalue weighted by Crippen LogP contribution is 2.26. The maximum absolute atomic E-state index is 5.70. The Morgan fingerprint density at radius 3 is 2.88 bits per heavy atom. The number of aromatic nitrogens is 4. The predicted molar refractivity (Wildman–Crippen MR) is 98.7 cm³/mol. The minimum Gasteiger partial charge on any atom is -0.376 e. The van der Waals surface area contributed by atoms with Crippen LogP contribution >= 0.6 is 0 Å². The molecule has 0 amide bonds. The third kappa shape index (κ3) is 3.66. The summed E-state index contributed by atoms with van der Waals surface area (Å²) in [5.74, 6) is 0. The molecule has 6 nitrogen and oxygen atoms in total. The van der Waals surface area contributed by atoms with Crippen molar-refractivity contribution in [1.82, 2.24) is 19.7 Å². The second-order valence-electron chi connectivity index (χ2n) is 6.52. The molecule has 0 bridgehead atoms. The maximum atomic E-state index is 5.70. The Balaban J connectivity index is 1.58. The van der Waals surface area contributed by atoms with Crippen molar-refractivity contribution in [3.63, 3.8) is 0 Å². The highest BCUT2D eigenvalue weighted by molar-refractivity contribution is 5.70. The molecule has 1 aromatic carbocycles. The Hall–Kier alpha value is -2.57. The van der Waals surface area contributed by atoms with Crippen molar-refractivity contribution in [1.29, 1.82) is 0 Å². The number of hydrogen-bond acceptors (Lipinski definition) is 5. The van der Waals surface area contributed by atoms with Gasteiger partial charge in [-0.05, 0) is 26.0 Å². The van der Waals surface area contributed by atoms with Gasteiger partial charge in [-0.3, -0.25) is 9.67 Å². The van der Waals surface area contributed by atoms with Gasteiger partial charge in [0.15, 0.2) is 0 Å². The lowest BCUT2D eigenvalue weighted by Gasteiger charge is -2.22. The van der Waals surface area contributed by atoms with Crippen LogP contribution < -0.4 is 0 Å². The molecule has 3 aromatic rings. The topological polar surface area (TPSA) is 62.1 Å². The molecule has 0 unspecified atom stereocenters. The Labute approximate surface area is 152 Å². The van der Waals surface area contributed by atoms with Crippen LogP contribution in [0.15, 0.2) is 42.7 Å². The zero-order valence-corrected chi connectivity index (χ0v) is 15.1. The lowest BCUT2D eigenvalue weighted by Crippen LogP contribution is -2.32. The Morgan fingerprint density at radius 1 is 1.15 bits per heavy atom. The van der Waals surface area contributed by atoms with Crippen LogP contribution in [0.25, 0.3) is 22.5 Å². The summed E-state index contributed by atoms with van der Waals surface area (Å²) in [6, 6.07) is 10.3. The first-order valence-electron chi connectivity index (χ1n) is 8.83. The van der Waals surface area contributed by atoms with E-state index in [9.17, 15) is 0 Å². The summed E-state index contributed by atoms with van der Waals surface area (Å²) in [6.45, 7) is 6.58. The van der Waals surface area contributed by atoms with Crippen LogP contribution in [-0.4, -0.2) is 45.7 Å². The first-order chi connectivity index (χ1) is 12.7. The number of nitrogens with zero attached hydrogens (tertiary/aromatic N) is 4. The molecule has 1 saturated heterocycles. The molecule has 1 aliphatic rings. The van der Waals surface area contributed by atoms with Gasteiger partial charge in [-0.2, -0.15) is 5.10 Å². The molecule has 0 radical (unpaired) electrons. The number of aryl methyl sites for hydroxylation is 2. The van der Waals surface area contributed by atoms with E-state index in [0.29, 0.717) is 26.4 Å². The van der Waals surface area contributed by atoms with E-state index in [-0.39, 0.29) is 6.10 Å². The monoisotopic (exact) mass is 350 g/mol. The van der Waals surface area contributed by atoms with Crippen LogP contribution in [0.2, 0.25) is 0 Å². The highest BCUT2D eigenvalue weighted by Gasteiger charge is 2.16. The molecular weight excluding hydrogens is 328 g/mol. The number of rotatable bonds is 4. The van der Waals surface area contributed by atoms with Gasteiger partial charge in [-0.1, -0.05) is 18.2 Å². The molecule has 0 N–H and O–H groups in total. The number of benzene rings is 1. The average Bonchev–Trinajstić information content (AvgIpc) is 3.13. The predicted octanol–water partition coefficient (Wildman–Crippen LogP) is 3.04. The number of ether oxygens (including phenoxy) is 2. The first kappa shape index (κ1) is 16.9. The molecule has 0 aliphatic carbocycles. The fourth-order valence-electron chi connectivity index (χ4n) is 3.10. The normalized spacial score (nSPS) is 17.4. The van der Waals surface area contributed by atoms with Gasteiger partial charge in [-0.25, -0.2) is 4.98 Å². The van der Waals surface area contributed by atoms with E-state index in [1.165, 1.54) is 0 Å². The van der Waals surface area contributed by atoms with Crippen LogP contribution in [0.3, 0.4) is 0 Å². The van der Waals surface area contributed by atoms with Gasteiger partial charge in [0, 0.05) is 23.5 Å². The van der Waals surface area contributed by atoms with Crippen LogP contribution in [0.4, 0.5) is 0 Å². The van der Waals surface area contributed by atoms with Gasteiger partial charge in [-0.15, -0.1) is 0 Å². The summed E-state index contributed by atoms with van der Waals surface area (Å²) in [5, 5.41) is 4.69. The van der Waals surface area contributed by atoms with Gasteiger partial charge in [0.2, 0.25) is 0 Å². The third-order valence-electron chi connectivity index (χ3n) is 4.42. The van der Waals surface area contributed by atoms with Gasteiger partial charge in [0.25, 0.3) is 0 Å². The zero-order valence-electron chi connectivity index (χ0n) is 15.1. The van der Waals surface area contributed by atoms with E-state index in [2.05, 4.69) is 28.2 Å². The molecule has 1 aliphatic heterocycles. The second-order valence-corrected chi connectivity index (χ2v) is 6.52. The molecular formula is C20H22N4O2. The Kier molecular flexibility index (Phi) is 4.77. The summed E-state index contributed by atoms with van der Waals surface area (Å²) in [7, 11) is 0. The Bertz CT molecular complexity index is 900. The molecule has 0 saturated carbocycles. The summed E-state index contributed by atoms with van der Waals surface area (Å²) in [4.78, 5) is 9.06. The van der Waals surface area contributed by atoms with Crippen molar-refractivity contribution in [3.8, 4) is 22.5 Å². The fourth-order valence-corrected chi connectivity index (χ4v) is 3.10. The van der Waals surface area contributed by atoms with Crippen molar-refractivity contribution in [2.75, 3.05) is 19.8 Å². The molecule has 4 rings (SSSR count). The summed E-state index contributed by atoms with van der Waals surface area (Å²) in [5.41, 5.74) is 5.79. The zero-order chi connectivity index (χ0) is 17.9. The standard InChI is InChI=1S/C20H22N4O2/c1-14-11-21-15(2)20(22-14)17-5-3-4-16(10-17)19-6-7-24(23-19)12-18-13-25-8-9-26-18/h3-7,10-11,18H,8-9,12-13H2,1-2H3/t18-/m1/s1. The molecule has 0 spiro atoms. The fraction of sp³-hybridized carbons (Fsp3) is 0.350. The van der Waals surface area contributed by atoms with Crippen LogP contribution in [0, 0.1) is 13.8 Å². The van der Waals surface area contributed by atoms with Crippen LogP contribution in [0.1, 0.15) is 11.4 Å².